The first-order valence-electron chi connectivity index (χ1n) is 9.15. The Hall–Kier alpha value is -1.61. The first kappa shape index (κ1) is 24.0. The monoisotopic (exact) mass is 484 g/mol. The van der Waals surface area contributed by atoms with Gasteiger partial charge in [-0.3, -0.25) is 9.35 Å². The van der Waals surface area contributed by atoms with Crippen molar-refractivity contribution >= 4 is 22.1 Å². The van der Waals surface area contributed by atoms with Gasteiger partial charge in [0, 0.05) is 0 Å². The van der Waals surface area contributed by atoms with E-state index in [0.717, 1.165) is 0 Å². The van der Waals surface area contributed by atoms with E-state index in [1.54, 1.807) is 0 Å². The van der Waals surface area contributed by atoms with Gasteiger partial charge in [-0.05, 0) is 37.5 Å². The molecular formula is C16H18F6O8S. The molecule has 2 saturated heterocycles. The number of hydrogen-bond acceptors (Lipinski definition) is 7. The lowest BCUT2D eigenvalue weighted by Gasteiger charge is -2.42. The molecule has 2 saturated carbocycles. The topological polar surface area (TPSA) is 116 Å². The lowest BCUT2D eigenvalue weighted by Crippen LogP contribution is -2.52. The summed E-state index contributed by atoms with van der Waals surface area (Å²) in [6.07, 6.45) is -0.127. The van der Waals surface area contributed by atoms with Crippen LogP contribution in [0.2, 0.25) is 0 Å². The van der Waals surface area contributed by atoms with Crippen LogP contribution in [-0.4, -0.2) is 67.4 Å². The van der Waals surface area contributed by atoms with Crippen molar-refractivity contribution in [1.29, 1.82) is 0 Å². The van der Waals surface area contributed by atoms with Crippen LogP contribution in [-0.2, 0) is 33.9 Å². The van der Waals surface area contributed by atoms with Crippen LogP contribution in [0.25, 0.3) is 0 Å². The summed E-state index contributed by atoms with van der Waals surface area (Å²) in [7, 11) is -6.35. The molecule has 0 aromatic rings. The largest absolute Gasteiger partial charge is 0.465 e. The van der Waals surface area contributed by atoms with E-state index in [2.05, 4.69) is 4.74 Å². The van der Waals surface area contributed by atoms with E-state index >= 15 is 0 Å². The predicted octanol–water partition coefficient (Wildman–Crippen LogP) is 2.03. The van der Waals surface area contributed by atoms with Gasteiger partial charge in [-0.25, -0.2) is 4.79 Å². The van der Waals surface area contributed by atoms with E-state index in [4.69, 9.17) is 14.0 Å². The summed E-state index contributed by atoms with van der Waals surface area (Å²) >= 11 is 0. The molecule has 0 radical (unpaired) electrons. The fourth-order valence-electron chi connectivity index (χ4n) is 4.27. The number of carbonyl (C=O) groups excluding carboxylic acids is 2. The highest BCUT2D eigenvalue weighted by atomic mass is 32.2. The molecule has 4 aliphatic rings. The fourth-order valence-corrected chi connectivity index (χ4v) is 4.54. The molecule has 4 fully saturated rings. The fraction of sp³-hybridized carbons (Fsp3) is 0.875. The second-order valence-electron chi connectivity index (χ2n) is 7.99. The molecule has 5 unspecified atom stereocenters. The van der Waals surface area contributed by atoms with Crippen LogP contribution >= 0.6 is 0 Å². The van der Waals surface area contributed by atoms with Crippen LogP contribution < -0.4 is 0 Å². The number of fused-ring (bicyclic) bond motifs is 1. The number of alkyl halides is 6. The smallest absolute Gasteiger partial charge is 0.459 e. The van der Waals surface area contributed by atoms with Gasteiger partial charge in [0.25, 0.3) is 0 Å². The molecule has 0 spiro atoms. The summed E-state index contributed by atoms with van der Waals surface area (Å²) in [5.41, 5.74) is 0. The molecule has 178 valence electrons. The zero-order valence-corrected chi connectivity index (χ0v) is 16.4. The summed E-state index contributed by atoms with van der Waals surface area (Å²) in [6.45, 7) is -4.49. The van der Waals surface area contributed by atoms with Crippen molar-refractivity contribution in [2.75, 3.05) is 13.2 Å². The molecule has 2 aliphatic heterocycles. The standard InChI is InChI=1S/C16H18F6O8S/c17-14(18,15(19,20)6-29-13(24)16(21,22)31(25,26)27)5-28-11-8-1-7-2-9(4-8)12(23)30-10(11)3-7/h7-11H,1-6H2,(H,25,26,27). The highest BCUT2D eigenvalue weighted by molar-refractivity contribution is 7.87. The van der Waals surface area contributed by atoms with E-state index in [0.29, 0.717) is 25.7 Å². The predicted molar refractivity (Wildman–Crippen MR) is 85.9 cm³/mol. The third kappa shape index (κ3) is 4.49. The van der Waals surface area contributed by atoms with Crippen LogP contribution in [0.3, 0.4) is 0 Å². The van der Waals surface area contributed by atoms with E-state index in [9.17, 15) is 44.3 Å². The van der Waals surface area contributed by atoms with E-state index < -0.39 is 70.5 Å². The van der Waals surface area contributed by atoms with Crippen molar-refractivity contribution in [1.82, 2.24) is 0 Å². The van der Waals surface area contributed by atoms with Crippen molar-refractivity contribution in [3.8, 4) is 0 Å². The Morgan fingerprint density at radius 3 is 2.26 bits per heavy atom. The Balaban J connectivity index is 1.62. The molecule has 15 heteroatoms. The van der Waals surface area contributed by atoms with Gasteiger partial charge in [-0.15, -0.1) is 0 Å². The molecule has 0 aromatic carbocycles. The first-order valence-corrected chi connectivity index (χ1v) is 10.6. The zero-order chi connectivity index (χ0) is 23.4. The minimum atomic E-state index is -6.35. The lowest BCUT2D eigenvalue weighted by atomic mass is 9.67. The summed E-state index contributed by atoms with van der Waals surface area (Å²) in [5, 5.41) is -5.61. The second kappa shape index (κ2) is 7.76. The van der Waals surface area contributed by atoms with Gasteiger partial charge >= 0.3 is 39.2 Å². The maximum atomic E-state index is 14.0. The second-order valence-corrected chi connectivity index (χ2v) is 9.46. The lowest BCUT2D eigenvalue weighted by molar-refractivity contribution is -0.263. The van der Waals surface area contributed by atoms with Gasteiger partial charge in [0.05, 0.1) is 12.0 Å². The van der Waals surface area contributed by atoms with Crippen LogP contribution in [0.4, 0.5) is 26.3 Å². The molecule has 2 aliphatic carbocycles. The number of halogens is 6. The van der Waals surface area contributed by atoms with Gasteiger partial charge in [-0.1, -0.05) is 0 Å². The maximum Gasteiger partial charge on any atom is 0.465 e. The van der Waals surface area contributed by atoms with E-state index in [1.165, 1.54) is 0 Å². The van der Waals surface area contributed by atoms with Crippen molar-refractivity contribution < 1.29 is 63.1 Å². The summed E-state index contributed by atoms with van der Waals surface area (Å²) < 4.78 is 124. The Kier molecular flexibility index (Phi) is 6.02. The Morgan fingerprint density at radius 1 is 1.03 bits per heavy atom. The molecule has 0 amide bonds. The molecule has 4 bridgehead atoms. The van der Waals surface area contributed by atoms with Crippen molar-refractivity contribution in [3.05, 3.63) is 0 Å². The maximum absolute atomic E-state index is 14.0. The molecule has 0 aromatic heterocycles. The highest BCUT2D eigenvalue weighted by Crippen LogP contribution is 2.48. The first-order chi connectivity index (χ1) is 14.0. The number of carbonyl (C=O) groups is 2. The van der Waals surface area contributed by atoms with E-state index in [1.807, 2.05) is 0 Å². The summed E-state index contributed by atoms with van der Waals surface area (Å²) in [5.74, 6) is -14.5. The Labute approximate surface area is 171 Å². The SMILES string of the molecule is O=C1OC2CC3CC1CC(C3)C2OCC(F)(F)C(F)(F)COC(=O)C(F)(F)S(=O)(=O)O. The minimum absolute atomic E-state index is 0.130. The van der Waals surface area contributed by atoms with Gasteiger partial charge in [0.2, 0.25) is 0 Å². The van der Waals surface area contributed by atoms with Crippen LogP contribution in [0.1, 0.15) is 25.7 Å². The molecule has 8 nitrogen and oxygen atoms in total. The Morgan fingerprint density at radius 2 is 1.65 bits per heavy atom. The van der Waals surface area contributed by atoms with Gasteiger partial charge < -0.3 is 14.2 Å². The molecule has 5 atom stereocenters. The molecule has 1 N–H and O–H groups in total. The molecular weight excluding hydrogens is 466 g/mol. The van der Waals surface area contributed by atoms with Crippen LogP contribution in [0.15, 0.2) is 0 Å². The van der Waals surface area contributed by atoms with Gasteiger partial charge in [0.15, 0.2) is 6.61 Å². The normalized spacial score (nSPS) is 31.3. The van der Waals surface area contributed by atoms with Gasteiger partial charge in [0.1, 0.15) is 12.7 Å². The third-order valence-electron chi connectivity index (χ3n) is 5.78. The third-order valence-corrected chi connectivity index (χ3v) is 6.59. The summed E-state index contributed by atoms with van der Waals surface area (Å²) in [4.78, 5) is 22.9. The van der Waals surface area contributed by atoms with Crippen LogP contribution in [0, 0.1) is 17.8 Å². The average Bonchev–Trinajstić information content (AvgIpc) is 2.79. The Bertz CT molecular complexity index is 847. The van der Waals surface area contributed by atoms with Crippen molar-refractivity contribution in [2.24, 2.45) is 17.8 Å². The van der Waals surface area contributed by atoms with Gasteiger partial charge in [-0.2, -0.15) is 34.8 Å². The van der Waals surface area contributed by atoms with Crippen LogP contribution in [0.5, 0.6) is 0 Å². The number of rotatable bonds is 8. The molecule has 31 heavy (non-hydrogen) atoms. The number of ether oxygens (including phenoxy) is 3. The van der Waals surface area contributed by atoms with E-state index in [-0.39, 0.29) is 11.8 Å². The molecule has 4 rings (SSSR count). The summed E-state index contributed by atoms with van der Waals surface area (Å²) in [6, 6.07) is 0. The number of esters is 2. The van der Waals surface area contributed by atoms with Crippen molar-refractivity contribution in [2.45, 2.75) is 55.0 Å². The quantitative estimate of drug-likeness (QED) is 0.316. The number of hydrogen-bond donors (Lipinski definition) is 1. The highest BCUT2D eigenvalue weighted by Gasteiger charge is 2.61. The van der Waals surface area contributed by atoms with Crippen molar-refractivity contribution in [3.63, 3.8) is 0 Å². The minimum Gasteiger partial charge on any atom is -0.459 e. The average molecular weight is 484 g/mol. The molecule has 2 heterocycles. The zero-order valence-electron chi connectivity index (χ0n) is 15.6.